The molecular weight excluding hydrogens is 225 g/mol. The molecule has 2 aromatic rings. The molecule has 2 rings (SSSR count). The predicted molar refractivity (Wildman–Crippen MR) is 60.0 cm³/mol. The van der Waals surface area contributed by atoms with Gasteiger partial charge in [0.2, 0.25) is 0 Å². The van der Waals surface area contributed by atoms with Crippen LogP contribution in [0.1, 0.15) is 10.4 Å². The van der Waals surface area contributed by atoms with E-state index in [1.807, 2.05) is 0 Å². The number of carboxylic acids is 1. The second-order valence-electron chi connectivity index (χ2n) is 3.55. The first-order valence-corrected chi connectivity index (χ1v) is 4.82. The maximum absolute atomic E-state index is 13.1. The fourth-order valence-corrected chi connectivity index (χ4v) is 1.59. The van der Waals surface area contributed by atoms with Gasteiger partial charge in [-0.1, -0.05) is 12.1 Å². The average molecular weight is 235 g/mol. The van der Waals surface area contributed by atoms with Crippen LogP contribution in [0.3, 0.4) is 0 Å². The summed E-state index contributed by atoms with van der Waals surface area (Å²) in [5, 5.41) is 13.1. The third-order valence-electron chi connectivity index (χ3n) is 2.40. The van der Waals surface area contributed by atoms with Crippen molar-refractivity contribution in [1.82, 2.24) is 9.78 Å². The van der Waals surface area contributed by atoms with Gasteiger partial charge in [-0.2, -0.15) is 5.10 Å². The Kier molecular flexibility index (Phi) is 2.55. The van der Waals surface area contributed by atoms with E-state index in [9.17, 15) is 9.18 Å². The molecule has 0 saturated carbocycles. The largest absolute Gasteiger partial charge is 0.477 e. The van der Waals surface area contributed by atoms with E-state index in [2.05, 4.69) is 5.10 Å². The van der Waals surface area contributed by atoms with Crippen LogP contribution in [0.2, 0.25) is 0 Å². The van der Waals surface area contributed by atoms with Gasteiger partial charge in [0.25, 0.3) is 0 Å². The van der Waals surface area contributed by atoms with E-state index < -0.39 is 11.8 Å². The Hall–Kier alpha value is -2.37. The van der Waals surface area contributed by atoms with Crippen molar-refractivity contribution in [2.24, 2.45) is 7.05 Å². The number of nitrogens with zero attached hydrogens (tertiary/aromatic N) is 2. The normalized spacial score (nSPS) is 10.5. The number of carbonyl (C=O) groups is 1. The molecule has 0 aliphatic heterocycles. The molecule has 5 nitrogen and oxygen atoms in total. The first-order chi connectivity index (χ1) is 8.00. The Labute approximate surface area is 96.3 Å². The number of halogens is 1. The molecule has 0 unspecified atom stereocenters. The number of nitrogens with two attached hydrogens (primary N) is 1. The quantitative estimate of drug-likeness (QED) is 0.826. The molecule has 0 aliphatic carbocycles. The highest BCUT2D eigenvalue weighted by molar-refractivity contribution is 5.99. The minimum absolute atomic E-state index is 0.0387. The third-order valence-corrected chi connectivity index (χ3v) is 2.40. The molecule has 6 heteroatoms. The number of rotatable bonds is 2. The van der Waals surface area contributed by atoms with Crippen molar-refractivity contribution < 1.29 is 14.3 Å². The minimum atomic E-state index is -1.19. The topological polar surface area (TPSA) is 81.1 Å². The molecule has 1 aromatic carbocycles. The summed E-state index contributed by atoms with van der Waals surface area (Å²) in [5.74, 6) is -1.60. The number of hydrogen-bond acceptors (Lipinski definition) is 3. The summed E-state index contributed by atoms with van der Waals surface area (Å²) in [4.78, 5) is 11.1. The van der Waals surface area contributed by atoms with Gasteiger partial charge in [-0.15, -0.1) is 0 Å². The van der Waals surface area contributed by atoms with Crippen LogP contribution in [0.15, 0.2) is 24.3 Å². The van der Waals surface area contributed by atoms with Crippen molar-refractivity contribution in [3.63, 3.8) is 0 Å². The van der Waals surface area contributed by atoms with Gasteiger partial charge in [-0.25, -0.2) is 9.18 Å². The van der Waals surface area contributed by atoms with Gasteiger partial charge in [0.05, 0.1) is 0 Å². The summed E-state index contributed by atoms with van der Waals surface area (Å²) in [7, 11) is 1.53. The van der Waals surface area contributed by atoms with Crippen LogP contribution in [0, 0.1) is 5.82 Å². The van der Waals surface area contributed by atoms with Crippen LogP contribution >= 0.6 is 0 Å². The number of aryl methyl sites for hydroxylation is 1. The molecule has 0 saturated heterocycles. The number of anilines is 1. The molecule has 0 aliphatic rings. The molecule has 0 amide bonds. The maximum Gasteiger partial charge on any atom is 0.341 e. The summed E-state index contributed by atoms with van der Waals surface area (Å²) in [6.07, 6.45) is 0. The molecule has 0 fully saturated rings. The van der Waals surface area contributed by atoms with E-state index in [1.54, 1.807) is 6.07 Å². The van der Waals surface area contributed by atoms with Gasteiger partial charge in [-0.3, -0.25) is 4.68 Å². The van der Waals surface area contributed by atoms with Crippen LogP contribution < -0.4 is 5.73 Å². The van der Waals surface area contributed by atoms with E-state index in [-0.39, 0.29) is 17.1 Å². The number of benzene rings is 1. The molecule has 88 valence electrons. The maximum atomic E-state index is 13.1. The number of aromatic carboxylic acids is 1. The molecule has 0 atom stereocenters. The highest BCUT2D eigenvalue weighted by atomic mass is 19.1. The molecule has 0 radical (unpaired) electrons. The van der Waals surface area contributed by atoms with Crippen molar-refractivity contribution in [2.75, 3.05) is 5.73 Å². The second kappa shape index (κ2) is 3.89. The predicted octanol–water partition coefficient (Wildman–Crippen LogP) is 1.51. The SMILES string of the molecule is Cn1nc(-c2cccc(F)c2)c(C(=O)O)c1N. The van der Waals surface area contributed by atoms with E-state index >= 15 is 0 Å². The van der Waals surface area contributed by atoms with Gasteiger partial charge >= 0.3 is 5.97 Å². The lowest BCUT2D eigenvalue weighted by Crippen LogP contribution is -2.04. The van der Waals surface area contributed by atoms with Crippen molar-refractivity contribution in [3.8, 4) is 11.3 Å². The smallest absolute Gasteiger partial charge is 0.341 e. The number of hydrogen-bond donors (Lipinski definition) is 2. The van der Waals surface area contributed by atoms with E-state index in [4.69, 9.17) is 10.8 Å². The Morgan fingerprint density at radius 3 is 2.82 bits per heavy atom. The molecule has 0 bridgehead atoms. The standard InChI is InChI=1S/C11H10FN3O2/c1-15-10(13)8(11(16)17)9(14-15)6-3-2-4-7(12)5-6/h2-5H,13H2,1H3,(H,16,17). The fraction of sp³-hybridized carbons (Fsp3) is 0.0909. The van der Waals surface area contributed by atoms with Gasteiger partial charge in [-0.05, 0) is 12.1 Å². The van der Waals surface area contributed by atoms with Gasteiger partial charge in [0.15, 0.2) is 0 Å². The molecule has 1 aromatic heterocycles. The minimum Gasteiger partial charge on any atom is -0.477 e. The van der Waals surface area contributed by atoms with E-state index in [0.29, 0.717) is 5.56 Å². The number of nitrogen functional groups attached to an aromatic ring is 1. The molecule has 0 spiro atoms. The molecule has 3 N–H and O–H groups in total. The van der Waals surface area contributed by atoms with Crippen LogP contribution in [0.25, 0.3) is 11.3 Å². The lowest BCUT2D eigenvalue weighted by atomic mass is 10.1. The van der Waals surface area contributed by atoms with Crippen LogP contribution in [0.4, 0.5) is 10.2 Å². The fourth-order valence-electron chi connectivity index (χ4n) is 1.59. The first kappa shape index (κ1) is 11.1. The van der Waals surface area contributed by atoms with Crippen LogP contribution in [-0.4, -0.2) is 20.9 Å². The highest BCUT2D eigenvalue weighted by Crippen LogP contribution is 2.26. The van der Waals surface area contributed by atoms with Gasteiger partial charge in [0.1, 0.15) is 22.9 Å². The van der Waals surface area contributed by atoms with E-state index in [1.165, 1.54) is 29.9 Å². The van der Waals surface area contributed by atoms with Gasteiger partial charge in [0, 0.05) is 12.6 Å². The van der Waals surface area contributed by atoms with Crippen LogP contribution in [0.5, 0.6) is 0 Å². The highest BCUT2D eigenvalue weighted by Gasteiger charge is 2.21. The average Bonchev–Trinajstić information content (AvgIpc) is 2.55. The molecule has 1 heterocycles. The Bertz CT molecular complexity index is 592. The van der Waals surface area contributed by atoms with Crippen molar-refractivity contribution in [1.29, 1.82) is 0 Å². The molecular formula is C11H10FN3O2. The second-order valence-corrected chi connectivity index (χ2v) is 3.55. The lowest BCUT2D eigenvalue weighted by molar-refractivity contribution is 0.0699. The Morgan fingerprint density at radius 2 is 2.24 bits per heavy atom. The van der Waals surface area contributed by atoms with Crippen LogP contribution in [-0.2, 0) is 7.05 Å². The van der Waals surface area contributed by atoms with E-state index in [0.717, 1.165) is 0 Å². The number of carboxylic acid groups (broad SMARTS) is 1. The zero-order valence-electron chi connectivity index (χ0n) is 9.01. The Morgan fingerprint density at radius 1 is 1.53 bits per heavy atom. The Balaban J connectivity index is 2.67. The zero-order valence-corrected chi connectivity index (χ0v) is 9.01. The van der Waals surface area contributed by atoms with Crippen molar-refractivity contribution in [3.05, 3.63) is 35.6 Å². The summed E-state index contributed by atoms with van der Waals surface area (Å²) < 4.78 is 14.3. The summed E-state index contributed by atoms with van der Waals surface area (Å²) in [6.45, 7) is 0. The summed E-state index contributed by atoms with van der Waals surface area (Å²) in [6, 6.07) is 5.56. The van der Waals surface area contributed by atoms with Crippen molar-refractivity contribution >= 4 is 11.8 Å². The molecule has 17 heavy (non-hydrogen) atoms. The summed E-state index contributed by atoms with van der Waals surface area (Å²) in [5.41, 5.74) is 6.04. The van der Waals surface area contributed by atoms with Crippen molar-refractivity contribution in [2.45, 2.75) is 0 Å². The monoisotopic (exact) mass is 235 g/mol. The number of aromatic nitrogens is 2. The summed E-state index contributed by atoms with van der Waals surface area (Å²) >= 11 is 0. The zero-order chi connectivity index (χ0) is 12.6. The first-order valence-electron chi connectivity index (χ1n) is 4.82. The third kappa shape index (κ3) is 1.84. The lowest BCUT2D eigenvalue weighted by Gasteiger charge is -1.99. The van der Waals surface area contributed by atoms with Gasteiger partial charge < -0.3 is 10.8 Å².